The number of H-pyrrole nitrogens is 1. The van der Waals surface area contributed by atoms with Crippen molar-refractivity contribution in [3.05, 3.63) is 62.8 Å². The first-order chi connectivity index (χ1) is 10.5. The van der Waals surface area contributed by atoms with Gasteiger partial charge in [-0.05, 0) is 24.6 Å². The van der Waals surface area contributed by atoms with E-state index in [-0.39, 0.29) is 17.5 Å². The fourth-order valence-electron chi connectivity index (χ4n) is 2.61. The minimum Gasteiger partial charge on any atom is -0.497 e. The van der Waals surface area contributed by atoms with E-state index < -0.39 is 10.8 Å². The highest BCUT2D eigenvalue weighted by Gasteiger charge is 2.41. The smallest absolute Gasteiger partial charge is 0.317 e. The zero-order valence-electron chi connectivity index (χ0n) is 12.0. The third-order valence-corrected chi connectivity index (χ3v) is 3.60. The first-order valence-corrected chi connectivity index (χ1v) is 6.53. The van der Waals surface area contributed by atoms with E-state index in [2.05, 4.69) is 10.2 Å². The molecule has 3 N–H and O–H groups in total. The van der Waals surface area contributed by atoms with E-state index in [4.69, 9.17) is 15.2 Å². The number of nitrogens with one attached hydrogen (secondary N) is 1. The van der Waals surface area contributed by atoms with Gasteiger partial charge >= 0.3 is 5.70 Å². The molecule has 0 unspecified atom stereocenters. The van der Waals surface area contributed by atoms with Gasteiger partial charge in [0.1, 0.15) is 11.7 Å². The van der Waals surface area contributed by atoms with Gasteiger partial charge in [-0.15, -0.1) is 5.10 Å². The fraction of sp³-hybridized carbons (Fsp3) is 0.214. The Morgan fingerprint density at radius 1 is 1.50 bits per heavy atom. The van der Waals surface area contributed by atoms with E-state index in [9.17, 15) is 10.1 Å². The van der Waals surface area contributed by atoms with Crippen molar-refractivity contribution in [2.24, 2.45) is 5.73 Å². The Bertz CT molecular complexity index is 781. The van der Waals surface area contributed by atoms with E-state index in [1.165, 1.54) is 7.11 Å². The van der Waals surface area contributed by atoms with E-state index in [0.717, 1.165) is 0 Å². The molecule has 1 aromatic carbocycles. The molecule has 0 saturated carbocycles. The van der Waals surface area contributed by atoms with Crippen molar-refractivity contribution in [1.82, 2.24) is 10.2 Å². The van der Waals surface area contributed by atoms with Crippen molar-refractivity contribution < 1.29 is 14.4 Å². The summed E-state index contributed by atoms with van der Waals surface area (Å²) in [5.41, 5.74) is 7.51. The van der Waals surface area contributed by atoms with Crippen LogP contribution in [0.4, 0.5) is 0 Å². The molecular formula is C14H14N4O4. The number of methoxy groups -OCH3 is 1. The third-order valence-electron chi connectivity index (χ3n) is 3.60. The van der Waals surface area contributed by atoms with Crippen LogP contribution in [0.5, 0.6) is 11.6 Å². The largest absolute Gasteiger partial charge is 0.497 e. The molecule has 2 aromatic rings. The number of hydrogen-bond acceptors (Lipinski definition) is 6. The second kappa shape index (κ2) is 5.06. The lowest BCUT2D eigenvalue weighted by molar-refractivity contribution is -0.432. The first kappa shape index (κ1) is 13.9. The first-order valence-electron chi connectivity index (χ1n) is 6.53. The summed E-state index contributed by atoms with van der Waals surface area (Å²) in [4.78, 5) is 11.0. The highest BCUT2D eigenvalue weighted by atomic mass is 16.6. The average Bonchev–Trinajstić information content (AvgIpc) is 2.86. The van der Waals surface area contributed by atoms with Gasteiger partial charge in [0, 0.05) is 5.69 Å². The summed E-state index contributed by atoms with van der Waals surface area (Å²) in [5.74, 6) is -0.0641. The summed E-state index contributed by atoms with van der Waals surface area (Å²) in [5, 5.41) is 18.3. The molecule has 0 saturated heterocycles. The second-order valence-electron chi connectivity index (χ2n) is 4.89. The summed E-state index contributed by atoms with van der Waals surface area (Å²) in [7, 11) is 1.54. The summed E-state index contributed by atoms with van der Waals surface area (Å²) in [6, 6.07) is 7.06. The highest BCUT2D eigenvalue weighted by Crippen LogP contribution is 2.43. The lowest BCUT2D eigenvalue weighted by Crippen LogP contribution is -2.25. The van der Waals surface area contributed by atoms with Crippen LogP contribution in [0.25, 0.3) is 0 Å². The predicted molar refractivity (Wildman–Crippen MR) is 77.0 cm³/mol. The maximum absolute atomic E-state index is 11.5. The molecule has 0 amide bonds. The monoisotopic (exact) mass is 302 g/mol. The molecule has 0 fully saturated rings. The number of aromatic nitrogens is 2. The Kier molecular flexibility index (Phi) is 3.21. The van der Waals surface area contributed by atoms with Crippen molar-refractivity contribution in [3.8, 4) is 11.6 Å². The topological polar surface area (TPSA) is 116 Å². The SMILES string of the molecule is COc1cccc([C@@H]2C([N+](=O)[O-])=C(N)Oc3n[nH]c(C)c32)c1. The van der Waals surface area contributed by atoms with E-state index in [1.54, 1.807) is 31.2 Å². The van der Waals surface area contributed by atoms with Crippen LogP contribution >= 0.6 is 0 Å². The number of ether oxygens (including phenoxy) is 2. The van der Waals surface area contributed by atoms with Gasteiger partial charge in [0.2, 0.25) is 5.88 Å². The molecule has 3 rings (SSSR count). The highest BCUT2D eigenvalue weighted by molar-refractivity contribution is 5.50. The van der Waals surface area contributed by atoms with Crippen molar-refractivity contribution in [1.29, 1.82) is 0 Å². The van der Waals surface area contributed by atoms with Gasteiger partial charge in [-0.1, -0.05) is 12.1 Å². The molecule has 2 heterocycles. The normalized spacial score (nSPS) is 16.9. The number of fused-ring (bicyclic) bond motifs is 1. The molecule has 1 aromatic heterocycles. The molecule has 8 heteroatoms. The Morgan fingerprint density at radius 2 is 2.27 bits per heavy atom. The number of aryl methyl sites for hydroxylation is 1. The van der Waals surface area contributed by atoms with Crippen LogP contribution in [0.15, 0.2) is 35.8 Å². The van der Waals surface area contributed by atoms with Gasteiger partial charge in [0.25, 0.3) is 5.88 Å². The van der Waals surface area contributed by atoms with Gasteiger partial charge in [0.05, 0.1) is 17.6 Å². The zero-order chi connectivity index (χ0) is 15.9. The van der Waals surface area contributed by atoms with Crippen molar-refractivity contribution in [3.63, 3.8) is 0 Å². The Balaban J connectivity index is 2.24. The van der Waals surface area contributed by atoms with Gasteiger partial charge in [0.15, 0.2) is 0 Å². The molecule has 0 bridgehead atoms. The Hall–Kier alpha value is -3.03. The molecular weight excluding hydrogens is 288 g/mol. The number of nitrogens with two attached hydrogens (primary N) is 1. The number of benzene rings is 1. The molecule has 0 radical (unpaired) electrons. The number of nitro groups is 1. The van der Waals surface area contributed by atoms with Crippen LogP contribution in [0, 0.1) is 17.0 Å². The average molecular weight is 302 g/mol. The zero-order valence-corrected chi connectivity index (χ0v) is 12.0. The lowest BCUT2D eigenvalue weighted by Gasteiger charge is -2.21. The Morgan fingerprint density at radius 3 is 2.95 bits per heavy atom. The van der Waals surface area contributed by atoms with Crippen LogP contribution in [0.3, 0.4) is 0 Å². The lowest BCUT2D eigenvalue weighted by atomic mass is 9.87. The van der Waals surface area contributed by atoms with Crippen molar-refractivity contribution >= 4 is 0 Å². The van der Waals surface area contributed by atoms with E-state index >= 15 is 0 Å². The molecule has 1 aliphatic heterocycles. The number of aromatic amines is 1. The fourth-order valence-corrected chi connectivity index (χ4v) is 2.61. The van der Waals surface area contributed by atoms with Gasteiger partial charge in [-0.25, -0.2) is 0 Å². The summed E-state index contributed by atoms with van der Waals surface area (Å²) in [6.07, 6.45) is 0. The van der Waals surface area contributed by atoms with Gasteiger partial charge in [-0.2, -0.15) is 0 Å². The maximum atomic E-state index is 11.5. The number of nitrogens with zero attached hydrogens (tertiary/aromatic N) is 2. The van der Waals surface area contributed by atoms with E-state index in [1.807, 2.05) is 0 Å². The minimum absolute atomic E-state index is 0.203. The molecule has 0 aliphatic carbocycles. The molecule has 114 valence electrons. The summed E-state index contributed by atoms with van der Waals surface area (Å²) < 4.78 is 10.5. The van der Waals surface area contributed by atoms with Gasteiger partial charge < -0.3 is 15.2 Å². The maximum Gasteiger partial charge on any atom is 0.317 e. The van der Waals surface area contributed by atoms with Crippen molar-refractivity contribution in [2.75, 3.05) is 7.11 Å². The van der Waals surface area contributed by atoms with E-state index in [0.29, 0.717) is 22.6 Å². The number of hydrogen-bond donors (Lipinski definition) is 2. The molecule has 1 atom stereocenters. The standard InChI is InChI=1S/C14H14N4O4/c1-7-10-11(8-4-3-5-9(6-8)21-2)12(18(19)20)13(15)22-14(10)17-16-7/h3-6,11H,15H2,1-2H3,(H,16,17)/t11-/m0/s1. The van der Waals surface area contributed by atoms with Crippen LogP contribution < -0.4 is 15.2 Å². The summed E-state index contributed by atoms with van der Waals surface area (Å²) >= 11 is 0. The molecule has 8 nitrogen and oxygen atoms in total. The Labute approximate surface area is 125 Å². The molecule has 0 spiro atoms. The van der Waals surface area contributed by atoms with Crippen LogP contribution in [0.2, 0.25) is 0 Å². The van der Waals surface area contributed by atoms with Gasteiger partial charge in [-0.3, -0.25) is 15.2 Å². The summed E-state index contributed by atoms with van der Waals surface area (Å²) in [6.45, 7) is 1.78. The number of rotatable bonds is 3. The van der Waals surface area contributed by atoms with Crippen LogP contribution in [-0.2, 0) is 0 Å². The predicted octanol–water partition coefficient (Wildman–Crippen LogP) is 1.66. The quantitative estimate of drug-likeness (QED) is 0.658. The molecule has 22 heavy (non-hydrogen) atoms. The van der Waals surface area contributed by atoms with Crippen molar-refractivity contribution in [2.45, 2.75) is 12.8 Å². The minimum atomic E-state index is -0.674. The van der Waals surface area contributed by atoms with Crippen LogP contribution in [-0.4, -0.2) is 22.2 Å². The second-order valence-corrected chi connectivity index (χ2v) is 4.89. The third kappa shape index (κ3) is 2.05. The number of allylic oxidation sites excluding steroid dienone is 1. The molecule has 1 aliphatic rings. The van der Waals surface area contributed by atoms with Crippen LogP contribution in [0.1, 0.15) is 22.7 Å².